The lowest BCUT2D eigenvalue weighted by Gasteiger charge is -2.08. The molecule has 0 amide bonds. The molecule has 0 N–H and O–H groups in total. The number of rotatable bonds is 0. The predicted octanol–water partition coefficient (Wildman–Crippen LogP) is 4.15. The number of carbonyl (C=O) groups excluding carboxylic acids is 1. The number of ketones is 1. The molecule has 1 nitrogen and oxygen atoms in total. The second-order valence-corrected chi connectivity index (χ2v) is 4.97. The van der Waals surface area contributed by atoms with E-state index in [1.165, 1.54) is 0 Å². The van der Waals surface area contributed by atoms with Gasteiger partial charge in [0.1, 0.15) is 0 Å². The maximum atomic E-state index is 11.9. The highest BCUT2D eigenvalue weighted by atomic mass is 35.5. The fraction of sp³-hybridized carbons (Fsp3) is 0.417. The molecule has 1 aliphatic rings. The van der Waals surface area contributed by atoms with Crippen LogP contribution in [0.2, 0.25) is 10.0 Å². The van der Waals surface area contributed by atoms with Gasteiger partial charge in [-0.25, -0.2) is 0 Å². The molecule has 1 aliphatic carbocycles. The number of benzene rings is 1. The summed E-state index contributed by atoms with van der Waals surface area (Å²) in [5.41, 5.74) is 1.58. The highest BCUT2D eigenvalue weighted by Crippen LogP contribution is 2.33. The lowest BCUT2D eigenvalue weighted by atomic mass is 10.0. The third kappa shape index (κ3) is 2.04. The first-order valence-corrected chi connectivity index (χ1v) is 5.85. The molecule has 0 fully saturated rings. The highest BCUT2D eigenvalue weighted by molar-refractivity contribution is 6.36. The average Bonchev–Trinajstić information content (AvgIpc) is 2.32. The molecular formula is C12H12Cl2O. The van der Waals surface area contributed by atoms with E-state index in [9.17, 15) is 4.79 Å². The van der Waals surface area contributed by atoms with Gasteiger partial charge in [0.05, 0.1) is 5.02 Å². The minimum Gasteiger partial charge on any atom is -0.294 e. The smallest absolute Gasteiger partial charge is 0.164 e. The second-order valence-electron chi connectivity index (χ2n) is 4.15. The lowest BCUT2D eigenvalue weighted by molar-refractivity contribution is 0.0967. The molecule has 2 rings (SSSR count). The van der Waals surface area contributed by atoms with Crippen LogP contribution in [0.5, 0.6) is 0 Å². The molecule has 1 aromatic carbocycles. The molecule has 3 heteroatoms. The number of fused-ring (bicyclic) bond motifs is 1. The fourth-order valence-corrected chi connectivity index (χ4v) is 2.59. The Labute approximate surface area is 99.4 Å². The van der Waals surface area contributed by atoms with Crippen molar-refractivity contribution in [1.82, 2.24) is 0 Å². The van der Waals surface area contributed by atoms with Gasteiger partial charge in [0, 0.05) is 17.0 Å². The molecular weight excluding hydrogens is 231 g/mol. The van der Waals surface area contributed by atoms with Gasteiger partial charge in [-0.15, -0.1) is 0 Å². The molecule has 0 saturated heterocycles. The van der Waals surface area contributed by atoms with E-state index in [2.05, 4.69) is 6.92 Å². The Kier molecular flexibility index (Phi) is 3.03. The molecule has 80 valence electrons. The first kappa shape index (κ1) is 11.0. The normalized spacial score (nSPS) is 21.0. The zero-order valence-electron chi connectivity index (χ0n) is 8.52. The molecule has 0 heterocycles. The number of carbonyl (C=O) groups is 1. The van der Waals surface area contributed by atoms with Gasteiger partial charge >= 0.3 is 0 Å². The van der Waals surface area contributed by atoms with Crippen LogP contribution in [0.4, 0.5) is 0 Å². The number of hydrogen-bond acceptors (Lipinski definition) is 1. The van der Waals surface area contributed by atoms with Crippen molar-refractivity contribution in [1.29, 1.82) is 0 Å². The predicted molar refractivity (Wildman–Crippen MR) is 62.9 cm³/mol. The first-order valence-electron chi connectivity index (χ1n) is 5.09. The Bertz CT molecular complexity index is 412. The maximum Gasteiger partial charge on any atom is 0.164 e. The van der Waals surface area contributed by atoms with E-state index in [4.69, 9.17) is 23.2 Å². The molecule has 1 unspecified atom stereocenters. The van der Waals surface area contributed by atoms with Gasteiger partial charge in [0.25, 0.3) is 0 Å². The van der Waals surface area contributed by atoms with Crippen molar-refractivity contribution in [2.45, 2.75) is 26.2 Å². The Morgan fingerprint density at radius 1 is 1.27 bits per heavy atom. The van der Waals surface area contributed by atoms with Crippen LogP contribution in [0.15, 0.2) is 12.1 Å². The van der Waals surface area contributed by atoms with E-state index >= 15 is 0 Å². The van der Waals surface area contributed by atoms with Gasteiger partial charge in [0.2, 0.25) is 0 Å². The number of Topliss-reactive ketones (excluding diaryl/α,β-unsaturated/α-hetero) is 1. The molecule has 0 saturated carbocycles. The Morgan fingerprint density at radius 2 is 1.93 bits per heavy atom. The van der Waals surface area contributed by atoms with E-state index in [1.807, 2.05) is 0 Å². The minimum absolute atomic E-state index is 0.127. The van der Waals surface area contributed by atoms with Gasteiger partial charge in [-0.1, -0.05) is 30.1 Å². The Hall–Kier alpha value is -0.530. The molecule has 0 aromatic heterocycles. The van der Waals surface area contributed by atoms with Crippen molar-refractivity contribution < 1.29 is 4.79 Å². The van der Waals surface area contributed by atoms with Crippen LogP contribution in [-0.4, -0.2) is 5.78 Å². The van der Waals surface area contributed by atoms with Crippen molar-refractivity contribution in [3.63, 3.8) is 0 Å². The summed E-state index contributed by atoms with van der Waals surface area (Å²) in [6, 6.07) is 3.47. The van der Waals surface area contributed by atoms with Gasteiger partial charge in [-0.05, 0) is 36.5 Å². The quantitative estimate of drug-likeness (QED) is 0.625. The van der Waals surface area contributed by atoms with E-state index in [0.717, 1.165) is 18.4 Å². The summed E-state index contributed by atoms with van der Waals surface area (Å²) >= 11 is 12.1. The van der Waals surface area contributed by atoms with Gasteiger partial charge in [-0.2, -0.15) is 0 Å². The van der Waals surface area contributed by atoms with E-state index in [-0.39, 0.29) is 5.78 Å². The molecule has 0 radical (unpaired) electrons. The van der Waals surface area contributed by atoms with Crippen LogP contribution in [0.3, 0.4) is 0 Å². The van der Waals surface area contributed by atoms with Crippen LogP contribution in [0, 0.1) is 5.92 Å². The second kappa shape index (κ2) is 4.15. The largest absolute Gasteiger partial charge is 0.294 e. The molecule has 0 spiro atoms. The van der Waals surface area contributed by atoms with Crippen LogP contribution in [0.25, 0.3) is 0 Å². The van der Waals surface area contributed by atoms with Crippen LogP contribution in [-0.2, 0) is 6.42 Å². The summed E-state index contributed by atoms with van der Waals surface area (Å²) < 4.78 is 0. The molecule has 15 heavy (non-hydrogen) atoms. The number of hydrogen-bond donors (Lipinski definition) is 0. The van der Waals surface area contributed by atoms with Crippen LogP contribution >= 0.6 is 23.2 Å². The summed E-state index contributed by atoms with van der Waals surface area (Å²) in [6.07, 6.45) is 2.42. The van der Waals surface area contributed by atoms with Crippen molar-refractivity contribution in [3.05, 3.63) is 33.3 Å². The standard InChI is InChI=1S/C12H12Cl2O/c1-7-2-3-8-9(13)4-5-10(14)12(8)11(15)6-7/h4-5,7H,2-3,6H2,1H3. The molecule has 1 aromatic rings. The average molecular weight is 243 g/mol. The Morgan fingerprint density at radius 3 is 2.67 bits per heavy atom. The fourth-order valence-electron chi connectivity index (χ4n) is 2.05. The van der Waals surface area contributed by atoms with Crippen molar-refractivity contribution in [3.8, 4) is 0 Å². The summed E-state index contributed by atoms with van der Waals surface area (Å²) in [7, 11) is 0. The summed E-state index contributed by atoms with van der Waals surface area (Å²) in [4.78, 5) is 11.9. The maximum absolute atomic E-state index is 11.9. The lowest BCUT2D eigenvalue weighted by Crippen LogP contribution is -2.04. The summed E-state index contributed by atoms with van der Waals surface area (Å²) in [6.45, 7) is 2.09. The van der Waals surface area contributed by atoms with Gasteiger partial charge in [-0.3, -0.25) is 4.79 Å². The van der Waals surface area contributed by atoms with Gasteiger partial charge in [0.15, 0.2) is 5.78 Å². The Balaban J connectivity index is 2.57. The number of halogens is 2. The summed E-state index contributed by atoms with van der Waals surface area (Å²) in [5.74, 6) is 0.541. The SMILES string of the molecule is CC1CCc2c(Cl)ccc(Cl)c2C(=O)C1. The summed E-state index contributed by atoms with van der Waals surface area (Å²) in [5, 5.41) is 1.20. The topological polar surface area (TPSA) is 17.1 Å². The van der Waals surface area contributed by atoms with Crippen molar-refractivity contribution in [2.75, 3.05) is 0 Å². The van der Waals surface area contributed by atoms with Crippen LogP contribution in [0.1, 0.15) is 35.7 Å². The third-order valence-electron chi connectivity index (χ3n) is 2.90. The zero-order valence-corrected chi connectivity index (χ0v) is 10.0. The van der Waals surface area contributed by atoms with Crippen molar-refractivity contribution in [2.24, 2.45) is 5.92 Å². The zero-order chi connectivity index (χ0) is 11.0. The van der Waals surface area contributed by atoms with Crippen LogP contribution < -0.4 is 0 Å². The van der Waals surface area contributed by atoms with E-state index in [1.54, 1.807) is 12.1 Å². The highest BCUT2D eigenvalue weighted by Gasteiger charge is 2.23. The van der Waals surface area contributed by atoms with Gasteiger partial charge < -0.3 is 0 Å². The van der Waals surface area contributed by atoms with E-state index in [0.29, 0.717) is 27.9 Å². The van der Waals surface area contributed by atoms with Crippen molar-refractivity contribution >= 4 is 29.0 Å². The van der Waals surface area contributed by atoms with E-state index < -0.39 is 0 Å². The third-order valence-corrected chi connectivity index (χ3v) is 3.57. The minimum atomic E-state index is 0.127. The molecule has 0 bridgehead atoms. The first-order chi connectivity index (χ1) is 7.09. The monoisotopic (exact) mass is 242 g/mol. The molecule has 1 atom stereocenters. The molecule has 0 aliphatic heterocycles.